The third-order valence-corrected chi connectivity index (χ3v) is 4.37. The zero-order valence-corrected chi connectivity index (χ0v) is 13.0. The minimum Gasteiger partial charge on any atom is -0.453 e. The van der Waals surface area contributed by atoms with Gasteiger partial charge in [-0.3, -0.25) is 4.90 Å². The van der Waals surface area contributed by atoms with Gasteiger partial charge < -0.3 is 15.0 Å². The Balaban J connectivity index is 1.64. The Kier molecular flexibility index (Phi) is 4.36. The number of hydrogen-bond acceptors (Lipinski definition) is 3. The Labute approximate surface area is 134 Å². The van der Waals surface area contributed by atoms with Crippen LogP contribution in [0.1, 0.15) is 18.4 Å². The molecule has 2 aliphatic rings. The first-order valence-electron chi connectivity index (χ1n) is 7.78. The first-order chi connectivity index (χ1) is 11.1. The van der Waals surface area contributed by atoms with E-state index in [1.54, 1.807) is 15.9 Å². The lowest BCUT2D eigenvalue weighted by molar-refractivity contribution is 0.108. The second-order valence-electron chi connectivity index (χ2n) is 5.88. The number of hydrogen-bond donors (Lipinski definition) is 1. The minimum absolute atomic E-state index is 0.118. The van der Waals surface area contributed by atoms with Crippen LogP contribution in [0.3, 0.4) is 0 Å². The number of carbonyl (C=O) groups excluding carboxylic acids is 2. The van der Waals surface area contributed by atoms with Gasteiger partial charge in [0.1, 0.15) is 5.82 Å². The van der Waals surface area contributed by atoms with E-state index in [0.717, 1.165) is 24.8 Å². The van der Waals surface area contributed by atoms with E-state index in [2.05, 4.69) is 5.32 Å². The third kappa shape index (κ3) is 3.23. The molecular weight excluding hydrogens is 301 g/mol. The summed E-state index contributed by atoms with van der Waals surface area (Å²) < 4.78 is 18.1. The van der Waals surface area contributed by atoms with Gasteiger partial charge in [-0.05, 0) is 37.0 Å². The summed E-state index contributed by atoms with van der Waals surface area (Å²) >= 11 is 0. The monoisotopic (exact) mass is 321 g/mol. The van der Waals surface area contributed by atoms with E-state index < -0.39 is 0 Å². The Hall–Kier alpha value is -2.31. The quantitative estimate of drug-likeness (QED) is 0.862. The highest BCUT2D eigenvalue weighted by Crippen LogP contribution is 2.28. The number of urea groups is 1. The van der Waals surface area contributed by atoms with Crippen LogP contribution in [0.15, 0.2) is 18.2 Å². The molecule has 7 heteroatoms. The van der Waals surface area contributed by atoms with Gasteiger partial charge in [0.05, 0.1) is 12.8 Å². The average Bonchev–Trinajstić information content (AvgIpc) is 2.97. The van der Waals surface area contributed by atoms with Crippen LogP contribution in [-0.2, 0) is 11.2 Å². The summed E-state index contributed by atoms with van der Waals surface area (Å²) in [5.41, 5.74) is 1.60. The maximum absolute atomic E-state index is 13.4. The molecule has 1 aromatic carbocycles. The van der Waals surface area contributed by atoms with Gasteiger partial charge in [-0.1, -0.05) is 6.07 Å². The third-order valence-electron chi connectivity index (χ3n) is 4.37. The zero-order valence-electron chi connectivity index (χ0n) is 13.0. The fourth-order valence-electron chi connectivity index (χ4n) is 3.21. The fraction of sp³-hybridized carbons (Fsp3) is 0.500. The van der Waals surface area contributed by atoms with Crippen LogP contribution in [0.2, 0.25) is 0 Å². The number of likely N-dealkylation sites (tertiary alicyclic amines) is 1. The van der Waals surface area contributed by atoms with Crippen LogP contribution < -0.4 is 10.2 Å². The van der Waals surface area contributed by atoms with Crippen LogP contribution in [0.25, 0.3) is 0 Å². The average molecular weight is 321 g/mol. The molecule has 0 saturated carbocycles. The molecule has 3 rings (SSSR count). The Bertz CT molecular complexity index is 623. The van der Waals surface area contributed by atoms with Gasteiger partial charge in [-0.15, -0.1) is 0 Å². The van der Waals surface area contributed by atoms with Crippen molar-refractivity contribution in [3.63, 3.8) is 0 Å². The van der Waals surface area contributed by atoms with E-state index in [0.29, 0.717) is 25.3 Å². The lowest BCUT2D eigenvalue weighted by Crippen LogP contribution is -2.52. The maximum Gasteiger partial charge on any atom is 0.409 e. The number of benzene rings is 1. The first kappa shape index (κ1) is 15.6. The lowest BCUT2D eigenvalue weighted by atomic mass is 10.1. The number of nitrogens with one attached hydrogen (secondary N) is 1. The van der Waals surface area contributed by atoms with Crippen LogP contribution in [0.5, 0.6) is 0 Å². The number of anilines is 1. The molecule has 1 atom stereocenters. The van der Waals surface area contributed by atoms with E-state index in [9.17, 15) is 14.0 Å². The van der Waals surface area contributed by atoms with Crippen LogP contribution in [-0.4, -0.2) is 49.8 Å². The van der Waals surface area contributed by atoms with Gasteiger partial charge in [-0.2, -0.15) is 0 Å². The number of piperidine rings is 1. The number of ether oxygens (including phenoxy) is 1. The number of amides is 3. The molecule has 3 amide bonds. The molecule has 1 saturated heterocycles. The molecule has 23 heavy (non-hydrogen) atoms. The van der Waals surface area contributed by atoms with Gasteiger partial charge in [0.15, 0.2) is 0 Å². The second-order valence-corrected chi connectivity index (χ2v) is 5.88. The molecular formula is C16H20FN3O3. The van der Waals surface area contributed by atoms with Crippen molar-refractivity contribution in [2.45, 2.75) is 25.3 Å². The summed E-state index contributed by atoms with van der Waals surface area (Å²) in [4.78, 5) is 27.2. The predicted octanol–water partition coefficient (Wildman–Crippen LogP) is 2.13. The van der Waals surface area contributed by atoms with E-state index in [1.807, 2.05) is 0 Å². The predicted molar refractivity (Wildman–Crippen MR) is 83.0 cm³/mol. The summed E-state index contributed by atoms with van der Waals surface area (Å²) in [6.45, 7) is 1.61. The largest absolute Gasteiger partial charge is 0.453 e. The van der Waals surface area contributed by atoms with Crippen LogP contribution in [0.4, 0.5) is 19.7 Å². The molecule has 0 spiro atoms. The normalized spacial score (nSPS) is 20.2. The summed E-state index contributed by atoms with van der Waals surface area (Å²) in [7, 11) is 1.35. The number of halogens is 1. The maximum atomic E-state index is 13.4. The highest BCUT2D eigenvalue weighted by atomic mass is 19.1. The molecule has 0 aromatic heterocycles. The fourth-order valence-corrected chi connectivity index (χ4v) is 3.21. The zero-order chi connectivity index (χ0) is 16.4. The summed E-state index contributed by atoms with van der Waals surface area (Å²) in [6, 6.07) is 4.16. The molecule has 0 bridgehead atoms. The number of rotatable bonds is 1. The van der Waals surface area contributed by atoms with Crippen molar-refractivity contribution >= 4 is 17.8 Å². The smallest absolute Gasteiger partial charge is 0.409 e. The number of fused-ring (bicyclic) bond motifs is 1. The standard InChI is InChI=1S/C16H20FN3O3/c1-23-16(22)19-7-2-3-13(10-19)18-15(21)20-8-6-11-4-5-12(17)9-14(11)20/h4-5,9,13H,2-3,6-8,10H2,1H3,(H,18,21). The highest BCUT2D eigenvalue weighted by molar-refractivity contribution is 5.94. The summed E-state index contributed by atoms with van der Waals surface area (Å²) in [6.07, 6.45) is 1.97. The summed E-state index contributed by atoms with van der Waals surface area (Å²) in [5.74, 6) is -0.349. The van der Waals surface area contributed by atoms with Crippen molar-refractivity contribution in [3.05, 3.63) is 29.6 Å². The number of methoxy groups -OCH3 is 1. The highest BCUT2D eigenvalue weighted by Gasteiger charge is 2.29. The van der Waals surface area contributed by atoms with E-state index in [-0.39, 0.29) is 24.0 Å². The van der Waals surface area contributed by atoms with Gasteiger partial charge in [0.25, 0.3) is 0 Å². The lowest BCUT2D eigenvalue weighted by Gasteiger charge is -2.33. The SMILES string of the molecule is COC(=O)N1CCCC(NC(=O)N2CCc3ccc(F)cc32)C1. The van der Waals surface area contributed by atoms with Crippen molar-refractivity contribution in [1.82, 2.24) is 10.2 Å². The molecule has 0 radical (unpaired) electrons. The Morgan fingerprint density at radius 1 is 1.35 bits per heavy atom. The molecule has 0 aliphatic carbocycles. The van der Waals surface area contributed by atoms with Gasteiger partial charge in [0, 0.05) is 25.7 Å². The molecule has 1 aromatic rings. The first-order valence-corrected chi connectivity index (χ1v) is 7.78. The van der Waals surface area contributed by atoms with Crippen molar-refractivity contribution in [3.8, 4) is 0 Å². The van der Waals surface area contributed by atoms with Crippen molar-refractivity contribution in [1.29, 1.82) is 0 Å². The molecule has 1 fully saturated rings. The van der Waals surface area contributed by atoms with Gasteiger partial charge in [0.2, 0.25) is 0 Å². The molecule has 1 unspecified atom stereocenters. The topological polar surface area (TPSA) is 61.9 Å². The summed E-state index contributed by atoms with van der Waals surface area (Å²) in [5, 5.41) is 2.95. The Morgan fingerprint density at radius 3 is 2.96 bits per heavy atom. The molecule has 1 N–H and O–H groups in total. The van der Waals surface area contributed by atoms with Crippen molar-refractivity contribution in [2.75, 3.05) is 31.6 Å². The van der Waals surface area contributed by atoms with Gasteiger partial charge in [-0.25, -0.2) is 14.0 Å². The molecule has 124 valence electrons. The van der Waals surface area contributed by atoms with Crippen LogP contribution in [0, 0.1) is 5.82 Å². The van der Waals surface area contributed by atoms with Crippen molar-refractivity contribution in [2.24, 2.45) is 0 Å². The van der Waals surface area contributed by atoms with Crippen molar-refractivity contribution < 1.29 is 18.7 Å². The van der Waals surface area contributed by atoms with E-state index in [1.165, 1.54) is 19.2 Å². The van der Waals surface area contributed by atoms with E-state index >= 15 is 0 Å². The Morgan fingerprint density at radius 2 is 2.17 bits per heavy atom. The minimum atomic E-state index is -0.377. The van der Waals surface area contributed by atoms with E-state index in [4.69, 9.17) is 4.74 Å². The molecule has 2 heterocycles. The van der Waals surface area contributed by atoms with Gasteiger partial charge >= 0.3 is 12.1 Å². The number of carbonyl (C=O) groups is 2. The molecule has 2 aliphatic heterocycles. The van der Waals surface area contributed by atoms with Crippen LogP contribution >= 0.6 is 0 Å². The number of nitrogens with zero attached hydrogens (tertiary/aromatic N) is 2. The second kappa shape index (κ2) is 6.44. The molecule has 6 nitrogen and oxygen atoms in total.